The van der Waals surface area contributed by atoms with Gasteiger partial charge in [-0.3, -0.25) is 4.99 Å². The van der Waals surface area contributed by atoms with Crippen LogP contribution >= 0.6 is 0 Å². The van der Waals surface area contributed by atoms with E-state index in [1.165, 1.54) is 29.7 Å². The predicted octanol–water partition coefficient (Wildman–Crippen LogP) is 5.15. The lowest BCUT2D eigenvalue weighted by Crippen LogP contribution is -2.26. The largest absolute Gasteiger partial charge is 0.325 e. The van der Waals surface area contributed by atoms with Crippen LogP contribution in [0.1, 0.15) is 37.3 Å². The van der Waals surface area contributed by atoms with E-state index in [0.717, 1.165) is 12.8 Å². The number of rotatable bonds is 4. The number of imidazole rings is 1. The maximum atomic E-state index is 4.95. The van der Waals surface area contributed by atoms with E-state index < -0.39 is 0 Å². The Morgan fingerprint density at radius 3 is 2.44 bits per heavy atom. The highest BCUT2D eigenvalue weighted by atomic mass is 15.1. The first-order chi connectivity index (χ1) is 12.4. The Morgan fingerprint density at radius 2 is 1.64 bits per heavy atom. The Labute approximate surface area is 149 Å². The molecule has 25 heavy (non-hydrogen) atoms. The van der Waals surface area contributed by atoms with Gasteiger partial charge in [-0.05, 0) is 24.0 Å². The number of hydrogen-bond acceptors (Lipinski definition) is 2. The molecule has 0 N–H and O–H groups in total. The fraction of sp³-hybridized carbons (Fsp3) is 0.273. The van der Waals surface area contributed by atoms with Gasteiger partial charge in [0.05, 0.1) is 30.3 Å². The molecule has 4 rings (SSSR count). The lowest BCUT2D eigenvalue weighted by molar-refractivity contribution is 0.310. The van der Waals surface area contributed by atoms with Crippen LogP contribution in [0.5, 0.6) is 0 Å². The van der Waals surface area contributed by atoms with Crippen molar-refractivity contribution in [2.75, 3.05) is 0 Å². The molecule has 3 aromatic rings. The smallest absolute Gasteiger partial charge is 0.0954 e. The molecule has 0 spiro atoms. The summed E-state index contributed by atoms with van der Waals surface area (Å²) in [5.74, 6) is 0. The first kappa shape index (κ1) is 15.8. The van der Waals surface area contributed by atoms with Gasteiger partial charge in [-0.15, -0.1) is 0 Å². The highest BCUT2D eigenvalue weighted by molar-refractivity contribution is 5.79. The molecule has 1 aliphatic carbocycles. The van der Waals surface area contributed by atoms with Crippen molar-refractivity contribution in [2.45, 2.75) is 37.8 Å². The van der Waals surface area contributed by atoms with Crippen molar-refractivity contribution in [1.29, 1.82) is 0 Å². The molecule has 0 radical (unpaired) electrons. The van der Waals surface area contributed by atoms with Crippen molar-refractivity contribution in [3.63, 3.8) is 0 Å². The summed E-state index contributed by atoms with van der Waals surface area (Å²) in [5.41, 5.74) is 3.57. The van der Waals surface area contributed by atoms with Gasteiger partial charge in [-0.25, -0.2) is 4.98 Å². The van der Waals surface area contributed by atoms with Gasteiger partial charge in [0.1, 0.15) is 0 Å². The van der Waals surface area contributed by atoms with E-state index in [4.69, 9.17) is 4.99 Å². The molecule has 0 saturated heterocycles. The minimum absolute atomic E-state index is 0.311. The molecule has 1 heterocycles. The molecule has 1 aliphatic rings. The predicted molar refractivity (Wildman–Crippen MR) is 103 cm³/mol. The summed E-state index contributed by atoms with van der Waals surface area (Å²) in [6.45, 7) is 0. The molecule has 2 aromatic carbocycles. The lowest BCUT2D eigenvalue weighted by Gasteiger charge is -2.31. The standard InChI is InChI=1S/C22H23N3/c1-3-9-18(10-4-1)15-24-20-13-7-8-14-21(20)25-17-23-16-22(25)19-11-5-2-6-12-19/h1-6,9-12,15-17,20-21H,7-8,13-14H2/t20-,21-/m1/s1. The Hall–Kier alpha value is -2.68. The van der Waals surface area contributed by atoms with Crippen LogP contribution in [0.15, 0.2) is 78.2 Å². The quantitative estimate of drug-likeness (QED) is 0.609. The molecule has 0 aliphatic heterocycles. The fourth-order valence-corrected chi connectivity index (χ4v) is 3.71. The first-order valence-electron chi connectivity index (χ1n) is 9.07. The van der Waals surface area contributed by atoms with Gasteiger partial charge in [-0.2, -0.15) is 0 Å². The molecular weight excluding hydrogens is 306 g/mol. The zero-order valence-corrected chi connectivity index (χ0v) is 14.3. The SMILES string of the molecule is C(=N[C@@H]1CCCC[C@H]1n1cncc1-c1ccccc1)c1ccccc1. The van der Waals surface area contributed by atoms with Crippen LogP contribution in [-0.4, -0.2) is 21.8 Å². The molecule has 1 saturated carbocycles. The summed E-state index contributed by atoms with van der Waals surface area (Å²) in [5, 5.41) is 0. The maximum absolute atomic E-state index is 4.95. The molecule has 1 fully saturated rings. The van der Waals surface area contributed by atoms with Gasteiger partial charge in [-0.1, -0.05) is 73.5 Å². The molecule has 1 aromatic heterocycles. The summed E-state index contributed by atoms with van der Waals surface area (Å²) < 4.78 is 2.33. The van der Waals surface area contributed by atoms with Crippen LogP contribution in [0.25, 0.3) is 11.3 Å². The monoisotopic (exact) mass is 329 g/mol. The van der Waals surface area contributed by atoms with Crippen LogP contribution in [0.4, 0.5) is 0 Å². The Kier molecular flexibility index (Phi) is 4.73. The molecular formula is C22H23N3. The molecule has 0 amide bonds. The number of hydrogen-bond donors (Lipinski definition) is 0. The van der Waals surface area contributed by atoms with E-state index in [9.17, 15) is 0 Å². The van der Waals surface area contributed by atoms with Gasteiger partial charge in [0, 0.05) is 6.21 Å². The van der Waals surface area contributed by atoms with Crippen molar-refractivity contribution < 1.29 is 0 Å². The molecule has 2 atom stereocenters. The second-order valence-corrected chi connectivity index (χ2v) is 6.66. The van der Waals surface area contributed by atoms with Crippen LogP contribution < -0.4 is 0 Å². The number of aliphatic imine (C=N–C) groups is 1. The maximum Gasteiger partial charge on any atom is 0.0954 e. The summed E-state index contributed by atoms with van der Waals surface area (Å²) >= 11 is 0. The molecule has 126 valence electrons. The summed E-state index contributed by atoms with van der Waals surface area (Å²) in [7, 11) is 0. The van der Waals surface area contributed by atoms with Crippen molar-refractivity contribution in [3.05, 3.63) is 78.8 Å². The average Bonchev–Trinajstić information content (AvgIpc) is 3.18. The Morgan fingerprint density at radius 1 is 0.920 bits per heavy atom. The highest BCUT2D eigenvalue weighted by Crippen LogP contribution is 2.34. The van der Waals surface area contributed by atoms with Gasteiger partial charge < -0.3 is 4.57 Å². The highest BCUT2D eigenvalue weighted by Gasteiger charge is 2.27. The second kappa shape index (κ2) is 7.47. The molecule has 3 nitrogen and oxygen atoms in total. The zero-order chi connectivity index (χ0) is 16.9. The average molecular weight is 329 g/mol. The second-order valence-electron chi connectivity index (χ2n) is 6.66. The van der Waals surface area contributed by atoms with Gasteiger partial charge >= 0.3 is 0 Å². The van der Waals surface area contributed by atoms with E-state index in [1.807, 2.05) is 24.8 Å². The van der Waals surface area contributed by atoms with Crippen LogP contribution in [0.2, 0.25) is 0 Å². The van der Waals surface area contributed by atoms with E-state index in [-0.39, 0.29) is 0 Å². The third kappa shape index (κ3) is 3.55. The van der Waals surface area contributed by atoms with Crippen molar-refractivity contribution >= 4 is 6.21 Å². The lowest BCUT2D eigenvalue weighted by atomic mass is 9.90. The van der Waals surface area contributed by atoms with Crippen LogP contribution in [-0.2, 0) is 0 Å². The van der Waals surface area contributed by atoms with Gasteiger partial charge in [0.25, 0.3) is 0 Å². The molecule has 3 heteroatoms. The Bertz CT molecular complexity index is 821. The van der Waals surface area contributed by atoms with E-state index in [1.54, 1.807) is 0 Å². The first-order valence-corrected chi connectivity index (χ1v) is 9.07. The van der Waals surface area contributed by atoms with Gasteiger partial charge in [0.2, 0.25) is 0 Å². The van der Waals surface area contributed by atoms with Crippen LogP contribution in [0, 0.1) is 0 Å². The zero-order valence-electron chi connectivity index (χ0n) is 14.3. The third-order valence-electron chi connectivity index (χ3n) is 5.00. The van der Waals surface area contributed by atoms with E-state index in [2.05, 4.69) is 64.1 Å². The normalized spacial score (nSPS) is 20.8. The topological polar surface area (TPSA) is 30.2 Å². The Balaban J connectivity index is 1.62. The number of benzene rings is 2. The molecule has 0 bridgehead atoms. The van der Waals surface area contributed by atoms with Crippen molar-refractivity contribution in [2.24, 2.45) is 4.99 Å². The van der Waals surface area contributed by atoms with Gasteiger partial charge in [0.15, 0.2) is 0 Å². The number of aromatic nitrogens is 2. The summed E-state index contributed by atoms with van der Waals surface area (Å²) in [4.78, 5) is 9.39. The van der Waals surface area contributed by atoms with Crippen molar-refractivity contribution in [3.8, 4) is 11.3 Å². The number of nitrogens with zero attached hydrogens (tertiary/aromatic N) is 3. The molecule has 0 unspecified atom stereocenters. The fourth-order valence-electron chi connectivity index (χ4n) is 3.71. The van der Waals surface area contributed by atoms with Crippen LogP contribution in [0.3, 0.4) is 0 Å². The summed E-state index contributed by atoms with van der Waals surface area (Å²) in [6.07, 6.45) is 10.8. The minimum atomic E-state index is 0.311. The van der Waals surface area contributed by atoms with E-state index in [0.29, 0.717) is 12.1 Å². The third-order valence-corrected chi connectivity index (χ3v) is 5.00. The van der Waals surface area contributed by atoms with E-state index >= 15 is 0 Å². The summed E-state index contributed by atoms with van der Waals surface area (Å²) in [6, 6.07) is 21.6. The minimum Gasteiger partial charge on any atom is -0.325 e. The van der Waals surface area contributed by atoms with Crippen molar-refractivity contribution in [1.82, 2.24) is 9.55 Å².